The second kappa shape index (κ2) is 6.51. The lowest BCUT2D eigenvalue weighted by molar-refractivity contribution is -0.384. The number of nitrogens with one attached hydrogen (secondary N) is 1. The third-order valence-electron chi connectivity index (χ3n) is 3.19. The Labute approximate surface area is 141 Å². The molecule has 0 spiro atoms. The summed E-state index contributed by atoms with van der Waals surface area (Å²) in [5.74, 6) is -0.115. The first-order valence-electron chi connectivity index (χ1n) is 6.81. The van der Waals surface area contributed by atoms with Gasteiger partial charge in [-0.05, 0) is 30.3 Å². The van der Waals surface area contributed by atoms with E-state index >= 15 is 0 Å². The van der Waals surface area contributed by atoms with Crippen molar-refractivity contribution < 1.29 is 14.2 Å². The summed E-state index contributed by atoms with van der Waals surface area (Å²) in [5, 5.41) is 17.6. The first-order chi connectivity index (χ1) is 11.5. The molecule has 0 unspecified atom stereocenters. The Morgan fingerprint density at radius 3 is 2.62 bits per heavy atom. The van der Waals surface area contributed by atoms with E-state index in [1.807, 2.05) is 0 Å². The number of nitro groups is 1. The first-order valence-corrected chi connectivity index (χ1v) is 7.19. The number of hydrogen-bond donors (Lipinski definition) is 1. The van der Waals surface area contributed by atoms with Crippen LogP contribution in [-0.4, -0.2) is 16.0 Å². The highest BCUT2D eigenvalue weighted by molar-refractivity contribution is 6.30. The number of halogens is 1. The quantitative estimate of drug-likeness (QED) is 0.566. The zero-order chi connectivity index (χ0) is 17.1. The molecule has 8 heteroatoms. The molecular weight excluding hydrogens is 334 g/mol. The minimum Gasteiger partial charge on any atom is -0.355 e. The monoisotopic (exact) mass is 343 g/mol. The third-order valence-corrected chi connectivity index (χ3v) is 3.44. The normalized spacial score (nSPS) is 10.4. The maximum absolute atomic E-state index is 12.2. The molecule has 3 aromatic rings. The lowest BCUT2D eigenvalue weighted by Crippen LogP contribution is -2.12. The molecule has 0 bridgehead atoms. The number of nitro benzene ring substituents is 1. The number of carbonyl (C=O) groups is 1. The van der Waals surface area contributed by atoms with Crippen molar-refractivity contribution in [3.8, 4) is 11.3 Å². The van der Waals surface area contributed by atoms with E-state index < -0.39 is 10.8 Å². The molecule has 120 valence electrons. The smallest absolute Gasteiger partial charge is 0.277 e. The maximum Gasteiger partial charge on any atom is 0.277 e. The SMILES string of the molecule is O=C(Nc1cccc([N+](=O)[O-])c1)c1cc(-c2ccc(Cl)cc2)on1. The molecule has 0 atom stereocenters. The lowest BCUT2D eigenvalue weighted by Gasteiger charge is -2.01. The number of amides is 1. The van der Waals surface area contributed by atoms with E-state index in [0.717, 1.165) is 5.56 Å². The second-order valence-corrected chi connectivity index (χ2v) is 5.28. The standard InChI is InChI=1S/C16H10ClN3O4/c17-11-6-4-10(5-7-11)15-9-14(19-24-15)16(21)18-12-2-1-3-13(8-12)20(22)23/h1-9H,(H,18,21). The summed E-state index contributed by atoms with van der Waals surface area (Å²) < 4.78 is 5.15. The Balaban J connectivity index is 1.77. The summed E-state index contributed by atoms with van der Waals surface area (Å²) in [6.07, 6.45) is 0. The van der Waals surface area contributed by atoms with Crippen molar-refractivity contribution in [2.45, 2.75) is 0 Å². The molecule has 0 aliphatic carbocycles. The van der Waals surface area contributed by atoms with Crippen LogP contribution in [0.2, 0.25) is 5.02 Å². The molecule has 0 saturated heterocycles. The van der Waals surface area contributed by atoms with Crippen LogP contribution in [0, 0.1) is 10.1 Å². The number of carbonyl (C=O) groups excluding carboxylic acids is 1. The predicted molar refractivity (Wildman–Crippen MR) is 88.0 cm³/mol. The summed E-state index contributed by atoms with van der Waals surface area (Å²) >= 11 is 5.82. The van der Waals surface area contributed by atoms with Crippen LogP contribution in [0.3, 0.4) is 0 Å². The van der Waals surface area contributed by atoms with E-state index in [0.29, 0.717) is 16.5 Å². The Morgan fingerprint density at radius 2 is 1.92 bits per heavy atom. The van der Waals surface area contributed by atoms with E-state index in [4.69, 9.17) is 16.1 Å². The molecule has 0 saturated carbocycles. The topological polar surface area (TPSA) is 98.3 Å². The highest BCUT2D eigenvalue weighted by Gasteiger charge is 2.15. The van der Waals surface area contributed by atoms with E-state index in [2.05, 4.69) is 10.5 Å². The van der Waals surface area contributed by atoms with Crippen molar-refractivity contribution in [2.24, 2.45) is 0 Å². The summed E-state index contributed by atoms with van der Waals surface area (Å²) in [7, 11) is 0. The molecule has 0 aliphatic rings. The largest absolute Gasteiger partial charge is 0.355 e. The molecule has 1 heterocycles. The molecule has 24 heavy (non-hydrogen) atoms. The Bertz CT molecular complexity index is 906. The molecule has 1 aromatic heterocycles. The lowest BCUT2D eigenvalue weighted by atomic mass is 10.1. The van der Waals surface area contributed by atoms with E-state index in [9.17, 15) is 14.9 Å². The number of anilines is 1. The van der Waals surface area contributed by atoms with Gasteiger partial charge in [-0.2, -0.15) is 0 Å². The van der Waals surface area contributed by atoms with E-state index in [1.165, 1.54) is 24.3 Å². The number of hydrogen-bond acceptors (Lipinski definition) is 5. The van der Waals surface area contributed by atoms with Crippen LogP contribution in [0.25, 0.3) is 11.3 Å². The van der Waals surface area contributed by atoms with Gasteiger partial charge in [0.25, 0.3) is 11.6 Å². The molecule has 0 fully saturated rings. The average Bonchev–Trinajstić information content (AvgIpc) is 3.06. The van der Waals surface area contributed by atoms with Gasteiger partial charge in [-0.3, -0.25) is 14.9 Å². The molecular formula is C16H10ClN3O4. The summed E-state index contributed by atoms with van der Waals surface area (Å²) in [6, 6.07) is 14.0. The Kier molecular flexibility index (Phi) is 4.26. The first kappa shape index (κ1) is 15.7. The van der Waals surface area contributed by atoms with Gasteiger partial charge in [-0.1, -0.05) is 22.8 Å². The van der Waals surface area contributed by atoms with Crippen LogP contribution in [-0.2, 0) is 0 Å². The minimum absolute atomic E-state index is 0.0615. The van der Waals surface area contributed by atoms with Crippen LogP contribution >= 0.6 is 11.6 Å². The van der Waals surface area contributed by atoms with Crippen molar-refractivity contribution in [1.29, 1.82) is 0 Å². The van der Waals surface area contributed by atoms with Crippen LogP contribution in [0.5, 0.6) is 0 Å². The van der Waals surface area contributed by atoms with E-state index in [1.54, 1.807) is 30.3 Å². The van der Waals surface area contributed by atoms with Gasteiger partial charge in [0.1, 0.15) is 0 Å². The number of aromatic nitrogens is 1. The van der Waals surface area contributed by atoms with Crippen LogP contribution in [0.4, 0.5) is 11.4 Å². The Hall–Kier alpha value is -3.19. The van der Waals surface area contributed by atoms with Crippen LogP contribution < -0.4 is 5.32 Å². The number of nitrogens with zero attached hydrogens (tertiary/aromatic N) is 2. The van der Waals surface area contributed by atoms with Gasteiger partial charge in [0.2, 0.25) is 0 Å². The maximum atomic E-state index is 12.2. The van der Waals surface area contributed by atoms with Gasteiger partial charge in [-0.15, -0.1) is 0 Å². The molecule has 1 N–H and O–H groups in total. The third kappa shape index (κ3) is 3.41. The van der Waals surface area contributed by atoms with Gasteiger partial charge in [0, 0.05) is 34.5 Å². The Morgan fingerprint density at radius 1 is 1.17 bits per heavy atom. The zero-order valence-corrected chi connectivity index (χ0v) is 12.9. The van der Waals surface area contributed by atoms with Gasteiger partial charge in [-0.25, -0.2) is 0 Å². The molecule has 7 nitrogen and oxygen atoms in total. The van der Waals surface area contributed by atoms with Gasteiger partial charge >= 0.3 is 0 Å². The fraction of sp³-hybridized carbons (Fsp3) is 0. The fourth-order valence-corrected chi connectivity index (χ4v) is 2.15. The van der Waals surface area contributed by atoms with Gasteiger partial charge in [0.15, 0.2) is 11.5 Å². The van der Waals surface area contributed by atoms with Crippen molar-refractivity contribution in [3.63, 3.8) is 0 Å². The van der Waals surface area contributed by atoms with Crippen LogP contribution in [0.1, 0.15) is 10.5 Å². The molecule has 2 aromatic carbocycles. The average molecular weight is 344 g/mol. The molecule has 0 radical (unpaired) electrons. The number of benzene rings is 2. The van der Waals surface area contributed by atoms with Crippen molar-refractivity contribution in [3.05, 3.63) is 75.4 Å². The molecule has 3 rings (SSSR count). The summed E-state index contributed by atoms with van der Waals surface area (Å²) in [4.78, 5) is 22.4. The number of non-ortho nitro benzene ring substituents is 1. The summed E-state index contributed by atoms with van der Waals surface area (Å²) in [6.45, 7) is 0. The minimum atomic E-state index is -0.537. The van der Waals surface area contributed by atoms with Gasteiger partial charge < -0.3 is 9.84 Å². The fourth-order valence-electron chi connectivity index (χ4n) is 2.02. The van der Waals surface area contributed by atoms with E-state index in [-0.39, 0.29) is 11.4 Å². The van der Waals surface area contributed by atoms with Gasteiger partial charge in [0.05, 0.1) is 4.92 Å². The molecule has 1 amide bonds. The predicted octanol–water partition coefficient (Wildman–Crippen LogP) is 4.16. The highest BCUT2D eigenvalue weighted by atomic mass is 35.5. The molecule has 0 aliphatic heterocycles. The van der Waals surface area contributed by atoms with Crippen molar-refractivity contribution in [1.82, 2.24) is 5.16 Å². The number of rotatable bonds is 4. The highest BCUT2D eigenvalue weighted by Crippen LogP contribution is 2.23. The van der Waals surface area contributed by atoms with Crippen LogP contribution in [0.15, 0.2) is 59.1 Å². The van der Waals surface area contributed by atoms with Crippen molar-refractivity contribution in [2.75, 3.05) is 5.32 Å². The van der Waals surface area contributed by atoms with Crippen molar-refractivity contribution >= 4 is 28.9 Å². The second-order valence-electron chi connectivity index (χ2n) is 4.84. The zero-order valence-electron chi connectivity index (χ0n) is 12.1. The summed E-state index contributed by atoms with van der Waals surface area (Å²) in [5.41, 5.74) is 0.966.